The van der Waals surface area contributed by atoms with Gasteiger partial charge in [0, 0.05) is 19.6 Å². The molecule has 0 aliphatic rings. The molecule has 1 aromatic heterocycles. The summed E-state index contributed by atoms with van der Waals surface area (Å²) in [4.78, 5) is 0. The molecule has 0 radical (unpaired) electrons. The lowest BCUT2D eigenvalue weighted by molar-refractivity contribution is 0.185. The van der Waals surface area contributed by atoms with Crippen LogP contribution in [0.1, 0.15) is 38.4 Å². The summed E-state index contributed by atoms with van der Waals surface area (Å²) in [7, 11) is 1.71. The van der Waals surface area contributed by atoms with Gasteiger partial charge in [0.15, 0.2) is 0 Å². The topological polar surface area (TPSA) is 39.9 Å². The maximum atomic E-state index is 5.04. The van der Waals surface area contributed by atoms with E-state index in [1.807, 2.05) is 0 Å². The molecule has 4 nitrogen and oxygen atoms in total. The second-order valence-corrected chi connectivity index (χ2v) is 3.39. The molecular weight excluding hydrogens is 178 g/mol. The van der Waals surface area contributed by atoms with E-state index in [1.54, 1.807) is 13.4 Å². The van der Waals surface area contributed by atoms with Crippen LogP contribution < -0.4 is 0 Å². The lowest BCUT2D eigenvalue weighted by Gasteiger charge is -2.12. The Bertz CT molecular complexity index is 256. The van der Waals surface area contributed by atoms with Crippen molar-refractivity contribution in [2.75, 3.05) is 13.7 Å². The molecule has 80 valence electrons. The van der Waals surface area contributed by atoms with Gasteiger partial charge < -0.3 is 9.30 Å². The lowest BCUT2D eigenvalue weighted by atomic mass is 10.0. The highest BCUT2D eigenvalue weighted by Gasteiger charge is 2.13. The number of rotatable bonds is 6. The standard InChI is InChI=1S/C10H19N3O/c1-4-9(5-2)10-12-11-8-13(10)6-7-14-3/h8-9H,4-7H2,1-3H3. The van der Waals surface area contributed by atoms with Crippen LogP contribution in [0.4, 0.5) is 0 Å². The van der Waals surface area contributed by atoms with Crippen molar-refractivity contribution < 1.29 is 4.74 Å². The third kappa shape index (κ3) is 2.54. The summed E-state index contributed by atoms with van der Waals surface area (Å²) in [5, 5.41) is 8.12. The zero-order valence-electron chi connectivity index (χ0n) is 9.23. The molecule has 0 bridgehead atoms. The first kappa shape index (κ1) is 11.2. The Kier molecular flexibility index (Phi) is 4.59. The van der Waals surface area contributed by atoms with Crippen molar-refractivity contribution in [3.05, 3.63) is 12.2 Å². The van der Waals surface area contributed by atoms with E-state index < -0.39 is 0 Å². The summed E-state index contributed by atoms with van der Waals surface area (Å²) in [5.41, 5.74) is 0. The zero-order valence-corrected chi connectivity index (χ0v) is 9.23. The van der Waals surface area contributed by atoms with Gasteiger partial charge in [0.2, 0.25) is 0 Å². The molecule has 0 saturated carbocycles. The second kappa shape index (κ2) is 5.75. The molecule has 0 spiro atoms. The number of ether oxygens (including phenoxy) is 1. The van der Waals surface area contributed by atoms with Crippen LogP contribution >= 0.6 is 0 Å². The minimum atomic E-state index is 0.523. The first-order chi connectivity index (χ1) is 6.83. The Hall–Kier alpha value is -0.900. The highest BCUT2D eigenvalue weighted by atomic mass is 16.5. The molecular formula is C10H19N3O. The van der Waals surface area contributed by atoms with Crippen LogP contribution in [-0.4, -0.2) is 28.5 Å². The first-order valence-electron chi connectivity index (χ1n) is 5.20. The fraction of sp³-hybridized carbons (Fsp3) is 0.800. The maximum absolute atomic E-state index is 5.04. The van der Waals surface area contributed by atoms with Gasteiger partial charge in [-0.15, -0.1) is 10.2 Å². The van der Waals surface area contributed by atoms with E-state index in [-0.39, 0.29) is 0 Å². The third-order valence-corrected chi connectivity index (χ3v) is 2.53. The second-order valence-electron chi connectivity index (χ2n) is 3.39. The van der Waals surface area contributed by atoms with Crippen LogP contribution in [0.25, 0.3) is 0 Å². The number of hydrogen-bond donors (Lipinski definition) is 0. The fourth-order valence-corrected chi connectivity index (χ4v) is 1.60. The Morgan fingerprint density at radius 3 is 2.71 bits per heavy atom. The Labute approximate surface area is 85.3 Å². The van der Waals surface area contributed by atoms with Crippen LogP contribution in [0.2, 0.25) is 0 Å². The monoisotopic (exact) mass is 197 g/mol. The van der Waals surface area contributed by atoms with Gasteiger partial charge >= 0.3 is 0 Å². The van der Waals surface area contributed by atoms with Crippen molar-refractivity contribution in [2.24, 2.45) is 0 Å². The molecule has 0 aliphatic heterocycles. The molecule has 1 aromatic rings. The van der Waals surface area contributed by atoms with E-state index in [2.05, 4.69) is 28.6 Å². The first-order valence-corrected chi connectivity index (χ1v) is 5.20. The van der Waals surface area contributed by atoms with Gasteiger partial charge in [-0.05, 0) is 12.8 Å². The lowest BCUT2D eigenvalue weighted by Crippen LogP contribution is -2.10. The molecule has 0 saturated heterocycles. The van der Waals surface area contributed by atoms with Gasteiger partial charge in [-0.25, -0.2) is 0 Å². The molecule has 0 fully saturated rings. The van der Waals surface area contributed by atoms with Crippen molar-refractivity contribution in [3.63, 3.8) is 0 Å². The Balaban J connectivity index is 2.69. The van der Waals surface area contributed by atoms with Crippen LogP contribution in [-0.2, 0) is 11.3 Å². The van der Waals surface area contributed by atoms with Crippen molar-refractivity contribution in [3.8, 4) is 0 Å². The third-order valence-electron chi connectivity index (χ3n) is 2.53. The minimum Gasteiger partial charge on any atom is -0.383 e. The zero-order chi connectivity index (χ0) is 10.4. The van der Waals surface area contributed by atoms with Gasteiger partial charge in [0.05, 0.1) is 6.61 Å². The normalized spacial score (nSPS) is 11.1. The van der Waals surface area contributed by atoms with Crippen molar-refractivity contribution >= 4 is 0 Å². The molecule has 4 heteroatoms. The molecule has 0 unspecified atom stereocenters. The quantitative estimate of drug-likeness (QED) is 0.698. The number of aromatic nitrogens is 3. The summed E-state index contributed by atoms with van der Waals surface area (Å²) in [6.45, 7) is 5.92. The predicted molar refractivity (Wildman–Crippen MR) is 55.2 cm³/mol. The molecule has 0 aliphatic carbocycles. The highest BCUT2D eigenvalue weighted by Crippen LogP contribution is 2.20. The summed E-state index contributed by atoms with van der Waals surface area (Å²) >= 11 is 0. The molecule has 1 heterocycles. The molecule has 0 amide bonds. The average molecular weight is 197 g/mol. The average Bonchev–Trinajstić information content (AvgIpc) is 2.65. The van der Waals surface area contributed by atoms with Crippen LogP contribution in [0.5, 0.6) is 0 Å². The summed E-state index contributed by atoms with van der Waals surface area (Å²) in [5.74, 6) is 1.61. The number of hydrogen-bond acceptors (Lipinski definition) is 3. The van der Waals surface area contributed by atoms with E-state index in [9.17, 15) is 0 Å². The molecule has 14 heavy (non-hydrogen) atoms. The fourth-order valence-electron chi connectivity index (χ4n) is 1.60. The van der Waals surface area contributed by atoms with E-state index in [1.165, 1.54) is 0 Å². The van der Waals surface area contributed by atoms with Crippen molar-refractivity contribution in [1.29, 1.82) is 0 Å². The van der Waals surface area contributed by atoms with E-state index in [4.69, 9.17) is 4.74 Å². The van der Waals surface area contributed by atoms with Gasteiger partial charge in [-0.1, -0.05) is 13.8 Å². The summed E-state index contributed by atoms with van der Waals surface area (Å²) < 4.78 is 7.13. The molecule has 1 rings (SSSR count). The summed E-state index contributed by atoms with van der Waals surface area (Å²) in [6, 6.07) is 0. The van der Waals surface area contributed by atoms with Gasteiger partial charge in [0.1, 0.15) is 12.2 Å². The van der Waals surface area contributed by atoms with Crippen LogP contribution in [0.15, 0.2) is 6.33 Å². The van der Waals surface area contributed by atoms with Gasteiger partial charge in [0.25, 0.3) is 0 Å². The maximum Gasteiger partial charge on any atom is 0.135 e. The van der Waals surface area contributed by atoms with Gasteiger partial charge in [-0.2, -0.15) is 0 Å². The van der Waals surface area contributed by atoms with Crippen molar-refractivity contribution in [2.45, 2.75) is 39.2 Å². The SMILES string of the molecule is CCC(CC)c1nncn1CCOC. The summed E-state index contributed by atoms with van der Waals surface area (Å²) in [6.07, 6.45) is 4.01. The molecule has 0 atom stereocenters. The predicted octanol–water partition coefficient (Wildman–Crippen LogP) is 1.83. The smallest absolute Gasteiger partial charge is 0.135 e. The molecule has 0 N–H and O–H groups in total. The minimum absolute atomic E-state index is 0.523. The van der Waals surface area contributed by atoms with Gasteiger partial charge in [-0.3, -0.25) is 0 Å². The largest absolute Gasteiger partial charge is 0.383 e. The van der Waals surface area contributed by atoms with E-state index in [0.717, 1.165) is 25.2 Å². The highest BCUT2D eigenvalue weighted by molar-refractivity contribution is 4.95. The Morgan fingerprint density at radius 2 is 2.14 bits per heavy atom. The van der Waals surface area contributed by atoms with Crippen molar-refractivity contribution in [1.82, 2.24) is 14.8 Å². The number of nitrogens with zero attached hydrogens (tertiary/aromatic N) is 3. The number of methoxy groups -OCH3 is 1. The molecule has 0 aromatic carbocycles. The van der Waals surface area contributed by atoms with Crippen LogP contribution in [0, 0.1) is 0 Å². The van der Waals surface area contributed by atoms with Crippen LogP contribution in [0.3, 0.4) is 0 Å². The van der Waals surface area contributed by atoms with E-state index >= 15 is 0 Å². The van der Waals surface area contributed by atoms with E-state index in [0.29, 0.717) is 12.5 Å². The Morgan fingerprint density at radius 1 is 1.43 bits per heavy atom.